The van der Waals surface area contributed by atoms with Gasteiger partial charge in [0.05, 0.1) is 0 Å². The molecule has 2 aromatic carbocycles. The molecule has 0 radical (unpaired) electrons. The molecule has 144 valence electrons. The number of furan rings is 1. The Hall–Kier alpha value is -3.08. The highest BCUT2D eigenvalue weighted by Crippen LogP contribution is 2.31. The van der Waals surface area contributed by atoms with Gasteiger partial charge >= 0.3 is 0 Å². The number of hydrogen-bond donors (Lipinski definition) is 1. The van der Waals surface area contributed by atoms with Crippen molar-refractivity contribution in [2.45, 2.75) is 6.92 Å². The first-order valence-electron chi connectivity index (χ1n) is 8.63. The number of benzene rings is 2. The summed E-state index contributed by atoms with van der Waals surface area (Å²) in [6.07, 6.45) is 0. The summed E-state index contributed by atoms with van der Waals surface area (Å²) >= 11 is 0. The normalized spacial score (nSPS) is 12.5. The van der Waals surface area contributed by atoms with Crippen molar-refractivity contribution in [2.24, 2.45) is 0 Å². The average Bonchev–Trinajstić information content (AvgIpc) is 3.17. The maximum atomic E-state index is 12.0. The summed E-state index contributed by atoms with van der Waals surface area (Å²) in [5.41, 5.74) is 2.26. The zero-order valence-electron chi connectivity index (χ0n) is 16.1. The Morgan fingerprint density at radius 1 is 1.07 bits per heavy atom. The van der Waals surface area contributed by atoms with E-state index in [1.807, 2.05) is 43.3 Å². The Labute approximate surface area is 164 Å². The van der Waals surface area contributed by atoms with Gasteiger partial charge in [0, 0.05) is 30.9 Å². The zero-order valence-corrected chi connectivity index (χ0v) is 17.0. The third-order valence-electron chi connectivity index (χ3n) is 4.58. The van der Waals surface area contributed by atoms with E-state index in [4.69, 9.17) is 4.42 Å². The number of sulfonamides is 1. The Morgan fingerprint density at radius 3 is 2.39 bits per heavy atom. The van der Waals surface area contributed by atoms with E-state index in [1.165, 1.54) is 7.05 Å². The first kappa shape index (κ1) is 19.7. The Bertz CT molecular complexity index is 1220. The summed E-state index contributed by atoms with van der Waals surface area (Å²) in [4.78, 5) is 1.69. The molecule has 1 heterocycles. The molecule has 0 spiro atoms. The Kier molecular flexibility index (Phi) is 5.27. The fraction of sp³-hybridized carbons (Fsp3) is 0.190. The van der Waals surface area contributed by atoms with Crippen molar-refractivity contribution in [3.8, 4) is 17.4 Å². The summed E-state index contributed by atoms with van der Waals surface area (Å²) in [5.74, 6) is 0.945. The van der Waals surface area contributed by atoms with Crippen LogP contribution in [-0.2, 0) is 10.0 Å². The molecule has 0 atom stereocenters. The van der Waals surface area contributed by atoms with Crippen LogP contribution in [0.5, 0.6) is 0 Å². The highest BCUT2D eigenvalue weighted by atomic mass is 32.2. The van der Waals surface area contributed by atoms with Gasteiger partial charge in [-0.1, -0.05) is 18.2 Å². The molecule has 3 rings (SSSR count). The summed E-state index contributed by atoms with van der Waals surface area (Å²) in [6, 6.07) is 17.4. The summed E-state index contributed by atoms with van der Waals surface area (Å²) in [6.45, 7) is 1.55. The molecule has 1 aromatic heterocycles. The van der Waals surface area contributed by atoms with E-state index in [9.17, 15) is 13.7 Å². The van der Waals surface area contributed by atoms with Crippen LogP contribution < -0.4 is 9.62 Å². The van der Waals surface area contributed by atoms with Gasteiger partial charge in [-0.3, -0.25) is 0 Å². The second kappa shape index (κ2) is 7.50. The quantitative estimate of drug-likeness (QED) is 0.661. The van der Waals surface area contributed by atoms with E-state index < -0.39 is 10.0 Å². The van der Waals surface area contributed by atoms with Gasteiger partial charge in [-0.25, -0.2) is 13.1 Å². The highest BCUT2D eigenvalue weighted by Gasteiger charge is 2.21. The van der Waals surface area contributed by atoms with Gasteiger partial charge < -0.3 is 9.32 Å². The molecule has 0 unspecified atom stereocenters. The van der Waals surface area contributed by atoms with Gasteiger partial charge in [0.15, 0.2) is 4.91 Å². The predicted octanol–water partition coefficient (Wildman–Crippen LogP) is 3.97. The molecule has 0 aliphatic carbocycles. The molecule has 6 nitrogen and oxygen atoms in total. The van der Waals surface area contributed by atoms with Gasteiger partial charge in [-0.15, -0.1) is 0 Å². The minimum absolute atomic E-state index is 0.263. The Balaban J connectivity index is 2.02. The van der Waals surface area contributed by atoms with Crippen LogP contribution >= 0.6 is 0 Å². The lowest BCUT2D eigenvalue weighted by Gasteiger charge is -2.13. The number of allylic oxidation sites excluding steroid dienone is 2. The van der Waals surface area contributed by atoms with E-state index in [0.29, 0.717) is 11.5 Å². The van der Waals surface area contributed by atoms with Crippen LogP contribution in [0, 0.1) is 11.3 Å². The van der Waals surface area contributed by atoms with E-state index >= 15 is 0 Å². The standard InChI is InChI=1S/C21H21N3O3S/c1-14(21(13-22)28(25,26)23-2)19-9-10-20(27-19)17-6-5-16-12-18(24(3)4)8-7-15(16)11-17/h5-12,23H,1-4H3/b21-14+. The fourth-order valence-electron chi connectivity index (χ4n) is 2.92. The number of anilines is 1. The molecule has 3 aromatic rings. The topological polar surface area (TPSA) is 86.3 Å². The molecule has 0 amide bonds. The molecule has 0 saturated carbocycles. The minimum atomic E-state index is -3.85. The van der Waals surface area contributed by atoms with E-state index in [2.05, 4.69) is 16.9 Å². The van der Waals surface area contributed by atoms with Crippen LogP contribution in [0.4, 0.5) is 5.69 Å². The van der Waals surface area contributed by atoms with Gasteiger partial charge in [0.25, 0.3) is 10.0 Å². The third-order valence-corrected chi connectivity index (χ3v) is 6.05. The second-order valence-electron chi connectivity index (χ2n) is 6.58. The maximum absolute atomic E-state index is 12.0. The van der Waals surface area contributed by atoms with Gasteiger partial charge in [0.1, 0.15) is 17.6 Å². The van der Waals surface area contributed by atoms with E-state index in [0.717, 1.165) is 22.0 Å². The summed E-state index contributed by atoms with van der Waals surface area (Å²) in [5, 5.41) is 11.4. The molecule has 7 heteroatoms. The lowest BCUT2D eigenvalue weighted by Crippen LogP contribution is -2.20. The molecule has 0 fully saturated rings. The third kappa shape index (κ3) is 3.65. The van der Waals surface area contributed by atoms with Gasteiger partial charge in [-0.05, 0) is 55.1 Å². The van der Waals surface area contributed by atoms with Crippen molar-refractivity contribution >= 4 is 32.1 Å². The lowest BCUT2D eigenvalue weighted by atomic mass is 10.0. The maximum Gasteiger partial charge on any atom is 0.250 e. The number of fused-ring (bicyclic) bond motifs is 1. The lowest BCUT2D eigenvalue weighted by molar-refractivity contribution is 0.566. The second-order valence-corrected chi connectivity index (χ2v) is 8.40. The summed E-state index contributed by atoms with van der Waals surface area (Å²) < 4.78 is 32.0. The van der Waals surface area contributed by atoms with Gasteiger partial charge in [0.2, 0.25) is 0 Å². The Morgan fingerprint density at radius 2 is 1.75 bits per heavy atom. The van der Waals surface area contributed by atoms with E-state index in [-0.39, 0.29) is 10.5 Å². The fourth-order valence-corrected chi connectivity index (χ4v) is 3.75. The van der Waals surface area contributed by atoms with Crippen molar-refractivity contribution in [2.75, 3.05) is 26.0 Å². The van der Waals surface area contributed by atoms with Crippen molar-refractivity contribution in [1.82, 2.24) is 4.72 Å². The number of hydrogen-bond acceptors (Lipinski definition) is 5. The van der Waals surface area contributed by atoms with E-state index in [1.54, 1.807) is 25.1 Å². The van der Waals surface area contributed by atoms with Crippen LogP contribution in [-0.4, -0.2) is 29.6 Å². The number of nitrogens with one attached hydrogen (secondary N) is 1. The zero-order chi connectivity index (χ0) is 20.5. The van der Waals surface area contributed by atoms with Crippen LogP contribution in [0.1, 0.15) is 12.7 Å². The smallest absolute Gasteiger partial charge is 0.250 e. The van der Waals surface area contributed by atoms with Crippen LogP contribution in [0.2, 0.25) is 0 Å². The summed E-state index contributed by atoms with van der Waals surface area (Å²) in [7, 11) is 1.42. The van der Waals surface area contributed by atoms with Crippen molar-refractivity contribution in [3.63, 3.8) is 0 Å². The molecule has 0 aliphatic rings. The number of nitriles is 1. The highest BCUT2D eigenvalue weighted by molar-refractivity contribution is 7.93. The SMILES string of the molecule is CNS(=O)(=O)/C(C#N)=C(\C)c1ccc(-c2ccc3cc(N(C)C)ccc3c2)o1. The first-order chi connectivity index (χ1) is 13.3. The monoisotopic (exact) mass is 395 g/mol. The average molecular weight is 395 g/mol. The van der Waals surface area contributed by atoms with Crippen molar-refractivity contribution in [3.05, 3.63) is 59.2 Å². The molecule has 0 aliphatic heterocycles. The molecule has 0 bridgehead atoms. The van der Waals surface area contributed by atoms with Crippen LogP contribution in [0.3, 0.4) is 0 Å². The van der Waals surface area contributed by atoms with Crippen molar-refractivity contribution < 1.29 is 12.8 Å². The molecular weight excluding hydrogens is 374 g/mol. The minimum Gasteiger partial charge on any atom is -0.456 e. The first-order valence-corrected chi connectivity index (χ1v) is 10.1. The molecular formula is C21H21N3O3S. The number of rotatable bonds is 5. The van der Waals surface area contributed by atoms with Crippen LogP contribution in [0.15, 0.2) is 57.9 Å². The molecule has 28 heavy (non-hydrogen) atoms. The van der Waals surface area contributed by atoms with Crippen LogP contribution in [0.25, 0.3) is 27.7 Å². The predicted molar refractivity (Wildman–Crippen MR) is 112 cm³/mol. The number of nitrogens with zero attached hydrogens (tertiary/aromatic N) is 2. The molecule has 1 N–H and O–H groups in total. The molecule has 0 saturated heterocycles. The van der Waals surface area contributed by atoms with Gasteiger partial charge in [-0.2, -0.15) is 5.26 Å². The largest absolute Gasteiger partial charge is 0.456 e. The van der Waals surface area contributed by atoms with Crippen molar-refractivity contribution in [1.29, 1.82) is 5.26 Å².